The van der Waals surface area contributed by atoms with Crippen molar-refractivity contribution in [2.45, 2.75) is 51.7 Å². The van der Waals surface area contributed by atoms with Crippen LogP contribution in [0.15, 0.2) is 24.3 Å². The van der Waals surface area contributed by atoms with Gasteiger partial charge in [0.15, 0.2) is 0 Å². The first-order chi connectivity index (χ1) is 11.5. The molecule has 2 aromatic carbocycles. The summed E-state index contributed by atoms with van der Waals surface area (Å²) in [6.07, 6.45) is 4.04. The van der Waals surface area contributed by atoms with Crippen LogP contribution in [0.3, 0.4) is 0 Å². The minimum atomic E-state index is -0.706. The summed E-state index contributed by atoms with van der Waals surface area (Å²) < 4.78 is 12.4. The van der Waals surface area contributed by atoms with Crippen molar-refractivity contribution in [2.24, 2.45) is 0 Å². The molecule has 0 amide bonds. The molecule has 0 fully saturated rings. The van der Waals surface area contributed by atoms with Gasteiger partial charge in [-0.25, -0.2) is 0 Å². The number of ether oxygens (including phenoxy) is 2. The molecule has 24 heavy (non-hydrogen) atoms. The van der Waals surface area contributed by atoms with Gasteiger partial charge in [-0.15, -0.1) is 0 Å². The molecule has 2 aliphatic rings. The van der Waals surface area contributed by atoms with Crippen molar-refractivity contribution in [3.8, 4) is 23.0 Å². The van der Waals surface area contributed by atoms with Crippen LogP contribution in [0.1, 0.15) is 42.0 Å². The van der Waals surface area contributed by atoms with Gasteiger partial charge in [-0.1, -0.05) is 6.92 Å². The van der Waals surface area contributed by atoms with E-state index < -0.39 is 5.79 Å². The molecule has 126 valence electrons. The maximum Gasteiger partial charge on any atom is 0.251 e. The highest BCUT2D eigenvalue weighted by Crippen LogP contribution is 2.44. The van der Waals surface area contributed by atoms with Crippen molar-refractivity contribution >= 4 is 0 Å². The molecule has 2 aliphatic heterocycles. The van der Waals surface area contributed by atoms with Crippen molar-refractivity contribution in [2.75, 3.05) is 0 Å². The number of hydrogen-bond donors (Lipinski definition) is 2. The normalized spacial score (nSPS) is 21.6. The number of aromatic hydroxyl groups is 2. The summed E-state index contributed by atoms with van der Waals surface area (Å²) in [6.45, 7) is 3.92. The van der Waals surface area contributed by atoms with Gasteiger partial charge in [-0.2, -0.15) is 0 Å². The molecule has 4 rings (SSSR count). The van der Waals surface area contributed by atoms with Crippen molar-refractivity contribution in [1.82, 2.24) is 0 Å². The number of rotatable bonds is 1. The van der Waals surface area contributed by atoms with E-state index in [1.54, 1.807) is 12.1 Å². The van der Waals surface area contributed by atoms with Crippen molar-refractivity contribution in [3.63, 3.8) is 0 Å². The Balaban J connectivity index is 1.66. The first kappa shape index (κ1) is 15.2. The maximum absolute atomic E-state index is 10.1. The number of aryl methyl sites for hydroxylation is 4. The molecule has 1 unspecified atom stereocenters. The second-order valence-corrected chi connectivity index (χ2v) is 6.80. The van der Waals surface area contributed by atoms with Gasteiger partial charge in [0.1, 0.15) is 23.0 Å². The molecular weight excluding hydrogens is 304 g/mol. The Kier molecular flexibility index (Phi) is 3.37. The average molecular weight is 326 g/mol. The Labute approximate surface area is 141 Å². The molecule has 2 heterocycles. The minimum absolute atomic E-state index is 0.243. The van der Waals surface area contributed by atoms with Crippen LogP contribution in [-0.4, -0.2) is 16.0 Å². The van der Waals surface area contributed by atoms with Crippen LogP contribution in [0.2, 0.25) is 0 Å². The highest BCUT2D eigenvalue weighted by molar-refractivity contribution is 5.49. The lowest BCUT2D eigenvalue weighted by Crippen LogP contribution is -2.47. The quantitative estimate of drug-likeness (QED) is 0.831. The van der Waals surface area contributed by atoms with E-state index in [9.17, 15) is 10.2 Å². The van der Waals surface area contributed by atoms with E-state index >= 15 is 0 Å². The van der Waals surface area contributed by atoms with Gasteiger partial charge in [0.25, 0.3) is 5.79 Å². The lowest BCUT2D eigenvalue weighted by Gasteiger charge is -2.42. The van der Waals surface area contributed by atoms with Gasteiger partial charge < -0.3 is 19.7 Å². The summed E-state index contributed by atoms with van der Waals surface area (Å²) in [4.78, 5) is 0. The predicted molar refractivity (Wildman–Crippen MR) is 91.0 cm³/mol. The summed E-state index contributed by atoms with van der Waals surface area (Å²) in [5.41, 5.74) is 4.04. The zero-order chi connectivity index (χ0) is 16.9. The van der Waals surface area contributed by atoms with E-state index in [1.807, 2.05) is 26.0 Å². The van der Waals surface area contributed by atoms with Gasteiger partial charge in [-0.3, -0.25) is 0 Å². The van der Waals surface area contributed by atoms with Crippen LogP contribution in [0.25, 0.3) is 0 Å². The van der Waals surface area contributed by atoms with E-state index in [-0.39, 0.29) is 11.5 Å². The molecule has 0 aromatic heterocycles. The first-order valence-corrected chi connectivity index (χ1v) is 8.55. The second-order valence-electron chi connectivity index (χ2n) is 6.80. The zero-order valence-electron chi connectivity index (χ0n) is 14.1. The molecule has 1 atom stereocenters. The van der Waals surface area contributed by atoms with Crippen LogP contribution in [0, 0.1) is 6.92 Å². The summed E-state index contributed by atoms with van der Waals surface area (Å²) in [5, 5.41) is 20.1. The third kappa shape index (κ3) is 2.37. The van der Waals surface area contributed by atoms with E-state index in [0.717, 1.165) is 54.4 Å². The molecule has 4 heteroatoms. The number of phenolic OH excluding ortho intramolecular Hbond substituents is 2. The lowest BCUT2D eigenvalue weighted by atomic mass is 9.90. The SMILES string of the molecule is CCc1cc2c(cc1O)OC1(CCc3cc(C)c(O)cc3O1)CC2. The highest BCUT2D eigenvalue weighted by atomic mass is 16.7. The van der Waals surface area contributed by atoms with Crippen LogP contribution in [-0.2, 0) is 19.3 Å². The standard InChI is InChI=1S/C20H22O4/c1-3-13-9-15-5-7-20(24-19(15)11-17(13)22)6-4-14-8-12(2)16(21)10-18(14)23-20/h8-11,21-22H,3-7H2,1-2H3. The van der Waals surface area contributed by atoms with Crippen LogP contribution in [0.5, 0.6) is 23.0 Å². The van der Waals surface area contributed by atoms with Crippen LogP contribution in [0.4, 0.5) is 0 Å². The summed E-state index contributed by atoms with van der Waals surface area (Å²) in [5.74, 6) is 1.21. The fourth-order valence-corrected chi connectivity index (χ4v) is 3.67. The molecular formula is C20H22O4. The number of benzene rings is 2. The fourth-order valence-electron chi connectivity index (χ4n) is 3.67. The Morgan fingerprint density at radius 1 is 0.917 bits per heavy atom. The van der Waals surface area contributed by atoms with Crippen LogP contribution < -0.4 is 9.47 Å². The molecule has 0 saturated heterocycles. The number of phenols is 2. The highest BCUT2D eigenvalue weighted by Gasteiger charge is 2.42. The van der Waals surface area contributed by atoms with Gasteiger partial charge in [0, 0.05) is 25.0 Å². The monoisotopic (exact) mass is 326 g/mol. The van der Waals surface area contributed by atoms with E-state index in [0.29, 0.717) is 11.5 Å². The molecule has 0 radical (unpaired) electrons. The second kappa shape index (κ2) is 5.33. The summed E-state index contributed by atoms with van der Waals surface area (Å²) in [7, 11) is 0. The molecule has 0 saturated carbocycles. The minimum Gasteiger partial charge on any atom is -0.508 e. The Morgan fingerprint density at radius 2 is 1.50 bits per heavy atom. The largest absolute Gasteiger partial charge is 0.508 e. The van der Waals surface area contributed by atoms with Crippen molar-refractivity contribution in [1.29, 1.82) is 0 Å². The Hall–Kier alpha value is -2.36. The van der Waals surface area contributed by atoms with Crippen molar-refractivity contribution < 1.29 is 19.7 Å². The Bertz CT molecular complexity index is 812. The third-order valence-corrected chi connectivity index (χ3v) is 5.16. The fraction of sp³-hybridized carbons (Fsp3) is 0.400. The van der Waals surface area contributed by atoms with Crippen LogP contribution >= 0.6 is 0 Å². The topological polar surface area (TPSA) is 58.9 Å². The Morgan fingerprint density at radius 3 is 2.12 bits per heavy atom. The molecule has 0 bridgehead atoms. The summed E-state index contributed by atoms with van der Waals surface area (Å²) >= 11 is 0. The molecule has 0 aliphatic carbocycles. The van der Waals surface area contributed by atoms with Gasteiger partial charge in [-0.05, 0) is 60.6 Å². The maximum atomic E-state index is 10.1. The molecule has 1 spiro atoms. The lowest BCUT2D eigenvalue weighted by molar-refractivity contribution is -0.139. The van der Waals surface area contributed by atoms with Gasteiger partial charge in [0.05, 0.1) is 0 Å². The molecule has 4 nitrogen and oxygen atoms in total. The van der Waals surface area contributed by atoms with Gasteiger partial charge in [0.2, 0.25) is 0 Å². The third-order valence-electron chi connectivity index (χ3n) is 5.16. The van der Waals surface area contributed by atoms with Crippen molar-refractivity contribution in [3.05, 3.63) is 46.5 Å². The average Bonchev–Trinajstić information content (AvgIpc) is 2.56. The first-order valence-electron chi connectivity index (χ1n) is 8.55. The van der Waals surface area contributed by atoms with E-state index in [2.05, 4.69) is 0 Å². The van der Waals surface area contributed by atoms with Gasteiger partial charge >= 0.3 is 0 Å². The zero-order valence-corrected chi connectivity index (χ0v) is 14.1. The van der Waals surface area contributed by atoms with E-state index in [4.69, 9.17) is 9.47 Å². The smallest absolute Gasteiger partial charge is 0.251 e. The molecule has 2 aromatic rings. The number of hydrogen-bond acceptors (Lipinski definition) is 4. The predicted octanol–water partition coefficient (Wildman–Crippen LogP) is 4.02. The number of fused-ring (bicyclic) bond motifs is 2. The molecule has 2 N–H and O–H groups in total. The van der Waals surface area contributed by atoms with E-state index in [1.165, 1.54) is 0 Å². The summed E-state index contributed by atoms with van der Waals surface area (Å²) in [6, 6.07) is 7.40.